The summed E-state index contributed by atoms with van der Waals surface area (Å²) in [6.07, 6.45) is 1.81. The third kappa shape index (κ3) is 5.04. The Bertz CT molecular complexity index is 2790. The normalized spacial score (nSPS) is 13.0. The van der Waals surface area contributed by atoms with E-state index >= 15 is 0 Å². The maximum Gasteiger partial charge on any atom is 0.160 e. The molecule has 0 amide bonds. The molecule has 5 heteroatoms. The number of nitrogens with zero attached hydrogens (tertiary/aromatic N) is 4. The summed E-state index contributed by atoms with van der Waals surface area (Å²) in [7, 11) is 0. The largest absolute Gasteiger partial charge is 0.244 e. The molecule has 0 fully saturated rings. The van der Waals surface area contributed by atoms with Gasteiger partial charge in [0.25, 0.3) is 0 Å². The number of pyridine rings is 1. The highest BCUT2D eigenvalue weighted by Crippen LogP contribution is 2.49. The van der Waals surface area contributed by atoms with Crippen molar-refractivity contribution < 1.29 is 0 Å². The fourth-order valence-electron chi connectivity index (χ4n) is 7.72. The average Bonchev–Trinajstić information content (AvgIpc) is 3.74. The lowest BCUT2D eigenvalue weighted by molar-refractivity contribution is 0.660. The van der Waals surface area contributed by atoms with E-state index in [1.807, 2.05) is 18.3 Å². The molecular formula is C47H32N4S. The zero-order valence-electron chi connectivity index (χ0n) is 28.7. The number of benzene rings is 6. The quantitative estimate of drug-likeness (QED) is 0.181. The average molecular weight is 685 g/mol. The summed E-state index contributed by atoms with van der Waals surface area (Å²) in [5.74, 6) is 0.676. The standard InChI is InChI=1S/C47H32N4S/c1-47(2)39-17-6-5-15-37(39)38-24-23-32(27-40(38)47)43-28-42(31-21-19-30(20-22-31)36-16-8-11-29-10-3-4-14-35(29)36)49-44(50-43)33-12-7-13-34(26-33)45-51-41-18-9-25-48-46(41)52-45/h3-28H,1-2H3. The van der Waals surface area contributed by atoms with E-state index in [2.05, 4.69) is 158 Å². The zero-order chi connectivity index (χ0) is 34.8. The summed E-state index contributed by atoms with van der Waals surface area (Å²) in [6, 6.07) is 53.8. The van der Waals surface area contributed by atoms with Crippen LogP contribution in [0.15, 0.2) is 158 Å². The smallest absolute Gasteiger partial charge is 0.160 e. The van der Waals surface area contributed by atoms with Crippen LogP contribution < -0.4 is 0 Å². The Labute approximate surface area is 306 Å². The molecule has 0 saturated carbocycles. The van der Waals surface area contributed by atoms with Crippen LogP contribution in [-0.4, -0.2) is 19.9 Å². The molecule has 9 aromatic rings. The molecule has 0 atom stereocenters. The van der Waals surface area contributed by atoms with Crippen molar-refractivity contribution in [3.63, 3.8) is 0 Å². The molecule has 246 valence electrons. The maximum atomic E-state index is 5.26. The summed E-state index contributed by atoms with van der Waals surface area (Å²) >= 11 is 1.60. The third-order valence-corrected chi connectivity index (χ3v) is 11.4. The molecule has 0 spiro atoms. The molecule has 0 saturated heterocycles. The van der Waals surface area contributed by atoms with Crippen molar-refractivity contribution in [2.45, 2.75) is 19.3 Å². The molecule has 3 aromatic heterocycles. The molecule has 0 unspecified atom stereocenters. The Morgan fingerprint density at radius 2 is 1.17 bits per heavy atom. The minimum absolute atomic E-state index is 0.113. The minimum atomic E-state index is -0.113. The molecule has 3 heterocycles. The monoisotopic (exact) mass is 684 g/mol. The molecule has 6 aromatic carbocycles. The van der Waals surface area contributed by atoms with E-state index in [0.29, 0.717) is 5.82 Å². The molecule has 0 aliphatic heterocycles. The van der Waals surface area contributed by atoms with Gasteiger partial charge >= 0.3 is 0 Å². The molecule has 1 aliphatic carbocycles. The first kappa shape index (κ1) is 30.5. The fourth-order valence-corrected chi connectivity index (χ4v) is 8.62. The highest BCUT2D eigenvalue weighted by atomic mass is 32.1. The van der Waals surface area contributed by atoms with E-state index in [0.717, 1.165) is 49.0 Å². The van der Waals surface area contributed by atoms with Crippen LogP contribution in [0.1, 0.15) is 25.0 Å². The Morgan fingerprint density at radius 1 is 0.481 bits per heavy atom. The second kappa shape index (κ2) is 11.9. The molecule has 10 rings (SSSR count). The van der Waals surface area contributed by atoms with Crippen LogP contribution in [0, 0.1) is 0 Å². The van der Waals surface area contributed by atoms with Gasteiger partial charge in [0, 0.05) is 33.9 Å². The molecule has 0 radical (unpaired) electrons. The SMILES string of the molecule is CC1(C)c2ccccc2-c2ccc(-c3cc(-c4ccc(-c5cccc6ccccc56)cc4)nc(-c4cccc(-c5nc6cccnc6s5)c4)n3)cc21. The second-order valence-electron chi connectivity index (χ2n) is 13.9. The summed E-state index contributed by atoms with van der Waals surface area (Å²) in [5, 5.41) is 3.41. The molecule has 0 bridgehead atoms. The molecule has 4 nitrogen and oxygen atoms in total. The molecule has 1 aliphatic rings. The fraction of sp³-hybridized carbons (Fsp3) is 0.0638. The van der Waals surface area contributed by atoms with Gasteiger partial charge in [0.15, 0.2) is 5.82 Å². The number of aromatic nitrogens is 4. The summed E-state index contributed by atoms with van der Waals surface area (Å²) < 4.78 is 0. The molecule has 52 heavy (non-hydrogen) atoms. The first-order valence-corrected chi connectivity index (χ1v) is 18.4. The number of hydrogen-bond donors (Lipinski definition) is 0. The predicted octanol–water partition coefficient (Wildman–Crippen LogP) is 12.3. The van der Waals surface area contributed by atoms with Crippen LogP contribution >= 0.6 is 11.3 Å². The number of hydrogen-bond acceptors (Lipinski definition) is 5. The van der Waals surface area contributed by atoms with Crippen LogP contribution in [0.2, 0.25) is 0 Å². The van der Waals surface area contributed by atoms with Crippen molar-refractivity contribution in [1.82, 2.24) is 19.9 Å². The van der Waals surface area contributed by atoms with Gasteiger partial charge < -0.3 is 0 Å². The Morgan fingerprint density at radius 3 is 2.06 bits per heavy atom. The lowest BCUT2D eigenvalue weighted by Gasteiger charge is -2.22. The van der Waals surface area contributed by atoms with Crippen LogP contribution in [-0.2, 0) is 5.41 Å². The van der Waals surface area contributed by atoms with Crippen molar-refractivity contribution in [1.29, 1.82) is 0 Å². The lowest BCUT2D eigenvalue weighted by atomic mass is 9.82. The Hall–Kier alpha value is -6.30. The highest BCUT2D eigenvalue weighted by molar-refractivity contribution is 7.21. The van der Waals surface area contributed by atoms with E-state index in [-0.39, 0.29) is 5.41 Å². The summed E-state index contributed by atoms with van der Waals surface area (Å²) in [5.41, 5.74) is 14.3. The highest BCUT2D eigenvalue weighted by Gasteiger charge is 2.35. The first-order chi connectivity index (χ1) is 25.5. The van der Waals surface area contributed by atoms with Gasteiger partial charge in [0.05, 0.1) is 11.4 Å². The van der Waals surface area contributed by atoms with Gasteiger partial charge in [-0.3, -0.25) is 0 Å². The van der Waals surface area contributed by atoms with Crippen molar-refractivity contribution in [2.75, 3.05) is 0 Å². The minimum Gasteiger partial charge on any atom is -0.244 e. The second-order valence-corrected chi connectivity index (χ2v) is 14.9. The van der Waals surface area contributed by atoms with Crippen LogP contribution in [0.3, 0.4) is 0 Å². The van der Waals surface area contributed by atoms with Gasteiger partial charge in [0.1, 0.15) is 15.4 Å². The molecule has 0 N–H and O–H groups in total. The van der Waals surface area contributed by atoms with E-state index < -0.39 is 0 Å². The van der Waals surface area contributed by atoms with Crippen molar-refractivity contribution >= 4 is 32.5 Å². The Balaban J connectivity index is 1.11. The van der Waals surface area contributed by atoms with Gasteiger partial charge in [-0.15, -0.1) is 0 Å². The van der Waals surface area contributed by atoms with Gasteiger partial charge in [-0.05, 0) is 74.5 Å². The lowest BCUT2D eigenvalue weighted by Crippen LogP contribution is -2.14. The summed E-state index contributed by atoms with van der Waals surface area (Å²) in [6.45, 7) is 4.64. The third-order valence-electron chi connectivity index (χ3n) is 10.4. The topological polar surface area (TPSA) is 51.6 Å². The van der Waals surface area contributed by atoms with Crippen molar-refractivity contribution in [2.24, 2.45) is 0 Å². The van der Waals surface area contributed by atoms with Gasteiger partial charge in [-0.25, -0.2) is 19.9 Å². The van der Waals surface area contributed by atoms with Crippen LogP contribution in [0.5, 0.6) is 0 Å². The number of thiazole rings is 1. The van der Waals surface area contributed by atoms with E-state index in [1.54, 1.807) is 11.3 Å². The molecular weight excluding hydrogens is 653 g/mol. The van der Waals surface area contributed by atoms with Gasteiger partial charge in [-0.2, -0.15) is 0 Å². The number of rotatable bonds is 5. The zero-order valence-corrected chi connectivity index (χ0v) is 29.5. The van der Waals surface area contributed by atoms with E-state index in [1.165, 1.54) is 44.2 Å². The Kier molecular flexibility index (Phi) is 6.98. The maximum absolute atomic E-state index is 5.26. The van der Waals surface area contributed by atoms with Crippen molar-refractivity contribution in [3.8, 4) is 66.7 Å². The summed E-state index contributed by atoms with van der Waals surface area (Å²) in [4.78, 5) is 20.8. The van der Waals surface area contributed by atoms with Gasteiger partial charge in [-0.1, -0.05) is 147 Å². The van der Waals surface area contributed by atoms with Crippen LogP contribution in [0.25, 0.3) is 87.8 Å². The van der Waals surface area contributed by atoms with E-state index in [4.69, 9.17) is 15.0 Å². The predicted molar refractivity (Wildman–Crippen MR) is 215 cm³/mol. The van der Waals surface area contributed by atoms with Gasteiger partial charge in [0.2, 0.25) is 0 Å². The number of fused-ring (bicyclic) bond motifs is 5. The first-order valence-electron chi connectivity index (χ1n) is 17.5. The van der Waals surface area contributed by atoms with Crippen molar-refractivity contribution in [3.05, 3.63) is 169 Å². The van der Waals surface area contributed by atoms with Crippen LogP contribution in [0.4, 0.5) is 0 Å². The van der Waals surface area contributed by atoms with E-state index in [9.17, 15) is 0 Å².